The Morgan fingerprint density at radius 3 is 2.80 bits per heavy atom. The fourth-order valence-corrected chi connectivity index (χ4v) is 1.32. The fraction of sp³-hybridized carbons (Fsp3) is 0.500. The summed E-state index contributed by atoms with van der Waals surface area (Å²) in [6.45, 7) is 0. The van der Waals surface area contributed by atoms with Crippen molar-refractivity contribution >= 4 is 15.9 Å². The minimum absolute atomic E-state index is 0.374. The van der Waals surface area contributed by atoms with E-state index in [0.29, 0.717) is 10.6 Å². The number of hydrogen-bond acceptors (Lipinski definition) is 1. The van der Waals surface area contributed by atoms with Gasteiger partial charge in [-0.3, -0.25) is 0 Å². The maximum Gasteiger partial charge on any atom is 0.290 e. The Hall–Kier alpha value is -0.380. The molecular weight excluding hydrogens is 199 g/mol. The Bertz CT molecular complexity index is 254. The van der Waals surface area contributed by atoms with E-state index >= 15 is 0 Å². The molecule has 0 N–H and O–H groups in total. The minimum atomic E-state index is -0.380. The molecule has 2 nitrogen and oxygen atoms in total. The number of aromatic nitrogens is 2. The molecule has 0 aliphatic heterocycles. The first-order valence-corrected chi connectivity index (χ1v) is 3.96. The van der Waals surface area contributed by atoms with Gasteiger partial charge in [0.05, 0.1) is 0 Å². The molecule has 1 heterocycles. The Morgan fingerprint density at radius 1 is 1.70 bits per heavy atom. The third-order valence-electron chi connectivity index (χ3n) is 1.60. The van der Waals surface area contributed by atoms with Gasteiger partial charge in [-0.2, -0.15) is 9.37 Å². The van der Waals surface area contributed by atoms with E-state index in [4.69, 9.17) is 0 Å². The van der Waals surface area contributed by atoms with Gasteiger partial charge in [-0.1, -0.05) is 0 Å². The summed E-state index contributed by atoms with van der Waals surface area (Å²) in [4.78, 5) is 3.59. The summed E-state index contributed by atoms with van der Waals surface area (Å²) < 4.78 is 14.9. The summed E-state index contributed by atoms with van der Waals surface area (Å²) in [6.07, 6.45) is 3.47. The van der Waals surface area contributed by atoms with Gasteiger partial charge in [-0.15, -0.1) is 0 Å². The van der Waals surface area contributed by atoms with Crippen LogP contribution in [0.25, 0.3) is 0 Å². The molecule has 10 heavy (non-hydrogen) atoms. The van der Waals surface area contributed by atoms with E-state index < -0.39 is 0 Å². The average Bonchev–Trinajstić information content (AvgIpc) is 2.61. The number of hydrogen-bond donors (Lipinski definition) is 0. The summed E-state index contributed by atoms with van der Waals surface area (Å²) in [7, 11) is 0. The predicted molar refractivity (Wildman–Crippen MR) is 38.2 cm³/mol. The summed E-state index contributed by atoms with van der Waals surface area (Å²) in [6, 6.07) is 0.374. The van der Waals surface area contributed by atoms with Crippen molar-refractivity contribution in [1.29, 1.82) is 0 Å². The van der Waals surface area contributed by atoms with Crippen molar-refractivity contribution in [3.8, 4) is 0 Å². The second kappa shape index (κ2) is 2.05. The van der Waals surface area contributed by atoms with Crippen molar-refractivity contribution in [2.24, 2.45) is 0 Å². The van der Waals surface area contributed by atoms with Gasteiger partial charge in [-0.05, 0) is 28.8 Å². The highest BCUT2D eigenvalue weighted by Crippen LogP contribution is 2.35. The van der Waals surface area contributed by atoms with E-state index in [1.54, 1.807) is 10.8 Å². The van der Waals surface area contributed by atoms with Crippen LogP contribution in [-0.2, 0) is 0 Å². The molecule has 0 unspecified atom stereocenters. The zero-order valence-electron chi connectivity index (χ0n) is 5.22. The smallest absolute Gasteiger partial charge is 0.290 e. The molecule has 2 rings (SSSR count). The molecule has 54 valence electrons. The molecule has 1 fully saturated rings. The van der Waals surface area contributed by atoms with Gasteiger partial charge < -0.3 is 4.57 Å². The first kappa shape index (κ1) is 6.34. The molecule has 0 saturated heterocycles. The van der Waals surface area contributed by atoms with Gasteiger partial charge in [-0.25, -0.2) is 0 Å². The van der Waals surface area contributed by atoms with Gasteiger partial charge in [0.1, 0.15) is 4.60 Å². The lowest BCUT2D eigenvalue weighted by molar-refractivity contribution is 0.471. The number of imidazole rings is 1. The Labute approximate surface area is 66.2 Å². The highest BCUT2D eigenvalue weighted by atomic mass is 79.9. The molecule has 1 aromatic rings. The molecule has 0 radical (unpaired) electrons. The molecule has 0 spiro atoms. The summed E-state index contributed by atoms with van der Waals surface area (Å²) in [5.74, 6) is 0. The van der Waals surface area contributed by atoms with Crippen molar-refractivity contribution in [2.75, 3.05) is 0 Å². The molecule has 1 aliphatic rings. The molecule has 1 aliphatic carbocycles. The largest absolute Gasteiger partial charge is 0.303 e. The molecule has 0 aromatic carbocycles. The van der Waals surface area contributed by atoms with E-state index in [-0.39, 0.29) is 6.08 Å². The lowest BCUT2D eigenvalue weighted by Gasteiger charge is -1.94. The Kier molecular flexibility index (Phi) is 1.30. The van der Waals surface area contributed by atoms with Gasteiger partial charge in [0, 0.05) is 12.2 Å². The zero-order valence-corrected chi connectivity index (χ0v) is 6.81. The van der Waals surface area contributed by atoms with Crippen LogP contribution in [0.4, 0.5) is 4.39 Å². The number of halogens is 2. The topological polar surface area (TPSA) is 17.8 Å². The molecule has 0 atom stereocenters. The monoisotopic (exact) mass is 204 g/mol. The molecule has 1 aromatic heterocycles. The van der Waals surface area contributed by atoms with Crippen LogP contribution in [-0.4, -0.2) is 9.55 Å². The van der Waals surface area contributed by atoms with Crippen molar-refractivity contribution in [3.05, 3.63) is 16.9 Å². The quantitative estimate of drug-likeness (QED) is 0.686. The Morgan fingerprint density at radius 2 is 2.40 bits per heavy atom. The fourth-order valence-electron chi connectivity index (χ4n) is 0.952. The van der Waals surface area contributed by atoms with E-state index in [0.717, 1.165) is 12.8 Å². The molecule has 0 bridgehead atoms. The lowest BCUT2D eigenvalue weighted by Crippen LogP contribution is -1.94. The highest BCUT2D eigenvalue weighted by Gasteiger charge is 2.26. The van der Waals surface area contributed by atoms with Crippen molar-refractivity contribution < 1.29 is 4.39 Å². The van der Waals surface area contributed by atoms with E-state index in [1.807, 2.05) is 0 Å². The SMILES string of the molecule is Fc1nc(Br)cn1C1CC1. The Balaban J connectivity index is 2.38. The highest BCUT2D eigenvalue weighted by molar-refractivity contribution is 9.10. The van der Waals surface area contributed by atoms with Gasteiger partial charge in [0.15, 0.2) is 0 Å². The van der Waals surface area contributed by atoms with Crippen LogP contribution in [0.2, 0.25) is 0 Å². The first-order chi connectivity index (χ1) is 4.77. The predicted octanol–water partition coefficient (Wildman–Crippen LogP) is 2.12. The zero-order chi connectivity index (χ0) is 7.14. The van der Waals surface area contributed by atoms with Crippen molar-refractivity contribution in [1.82, 2.24) is 9.55 Å². The maximum absolute atomic E-state index is 12.7. The first-order valence-electron chi connectivity index (χ1n) is 3.17. The third kappa shape index (κ3) is 0.963. The standard InChI is InChI=1S/C6H6BrFN2/c7-5-3-10(4-1-2-4)6(8)9-5/h3-4H,1-2H2. The number of nitrogens with zero attached hydrogens (tertiary/aromatic N) is 2. The second-order valence-corrected chi connectivity index (χ2v) is 3.28. The summed E-state index contributed by atoms with van der Waals surface area (Å²) >= 11 is 3.11. The maximum atomic E-state index is 12.7. The van der Waals surface area contributed by atoms with Crippen LogP contribution in [0.1, 0.15) is 18.9 Å². The van der Waals surface area contributed by atoms with Crippen LogP contribution in [0.3, 0.4) is 0 Å². The van der Waals surface area contributed by atoms with Crippen molar-refractivity contribution in [2.45, 2.75) is 18.9 Å². The minimum Gasteiger partial charge on any atom is -0.303 e. The van der Waals surface area contributed by atoms with Crippen LogP contribution in [0.5, 0.6) is 0 Å². The van der Waals surface area contributed by atoms with E-state index in [2.05, 4.69) is 20.9 Å². The van der Waals surface area contributed by atoms with Crippen LogP contribution >= 0.6 is 15.9 Å². The van der Waals surface area contributed by atoms with Gasteiger partial charge in [0.2, 0.25) is 0 Å². The average molecular weight is 205 g/mol. The van der Waals surface area contributed by atoms with E-state index in [1.165, 1.54) is 0 Å². The third-order valence-corrected chi connectivity index (χ3v) is 1.98. The molecule has 4 heteroatoms. The van der Waals surface area contributed by atoms with E-state index in [9.17, 15) is 4.39 Å². The molecule has 0 amide bonds. The normalized spacial score (nSPS) is 17.8. The second-order valence-electron chi connectivity index (χ2n) is 2.47. The van der Waals surface area contributed by atoms with Crippen LogP contribution in [0, 0.1) is 6.08 Å². The number of rotatable bonds is 1. The lowest BCUT2D eigenvalue weighted by atomic mass is 10.7. The summed E-state index contributed by atoms with van der Waals surface area (Å²) in [5, 5.41) is 0. The van der Waals surface area contributed by atoms with Crippen molar-refractivity contribution in [3.63, 3.8) is 0 Å². The van der Waals surface area contributed by atoms with Crippen LogP contribution < -0.4 is 0 Å². The summed E-state index contributed by atoms with van der Waals surface area (Å²) in [5.41, 5.74) is 0. The van der Waals surface area contributed by atoms with Gasteiger partial charge >= 0.3 is 0 Å². The van der Waals surface area contributed by atoms with Gasteiger partial charge in [0.25, 0.3) is 6.08 Å². The molecule has 1 saturated carbocycles. The van der Waals surface area contributed by atoms with Crippen LogP contribution in [0.15, 0.2) is 10.8 Å². The molecular formula is C6H6BrFN2.